The molecule has 0 atom stereocenters. The normalized spacial score (nSPS) is 15.9. The predicted octanol–water partition coefficient (Wildman–Crippen LogP) is -1.25. The first-order chi connectivity index (χ1) is 6.52. The lowest BCUT2D eigenvalue weighted by molar-refractivity contribution is -0.141. The summed E-state index contributed by atoms with van der Waals surface area (Å²) < 4.78 is 0. The number of hydrogen-bond acceptors (Lipinski definition) is 3. The molecule has 1 fully saturated rings. The summed E-state index contributed by atoms with van der Waals surface area (Å²) in [6.45, 7) is 1.64. The summed E-state index contributed by atoms with van der Waals surface area (Å²) in [5.41, 5.74) is 0. The van der Waals surface area contributed by atoms with Crippen molar-refractivity contribution in [1.29, 1.82) is 0 Å². The van der Waals surface area contributed by atoms with E-state index < -0.39 is 0 Å². The SMILES string of the molecule is CN(C)C(=O)CN(C)C(=O)C1CNC1. The highest BCUT2D eigenvalue weighted by Gasteiger charge is 2.28. The van der Waals surface area contributed by atoms with Crippen LogP contribution in [0.1, 0.15) is 0 Å². The summed E-state index contributed by atoms with van der Waals surface area (Å²) >= 11 is 0. The van der Waals surface area contributed by atoms with Crippen LogP contribution in [0.4, 0.5) is 0 Å². The smallest absolute Gasteiger partial charge is 0.241 e. The van der Waals surface area contributed by atoms with E-state index in [2.05, 4.69) is 5.32 Å². The predicted molar refractivity (Wildman–Crippen MR) is 52.7 cm³/mol. The van der Waals surface area contributed by atoms with Gasteiger partial charge in [-0.05, 0) is 0 Å². The van der Waals surface area contributed by atoms with E-state index >= 15 is 0 Å². The van der Waals surface area contributed by atoms with Gasteiger partial charge in [-0.25, -0.2) is 0 Å². The minimum Gasteiger partial charge on any atom is -0.347 e. The molecule has 1 aliphatic rings. The third kappa shape index (κ3) is 2.45. The van der Waals surface area contributed by atoms with E-state index in [1.54, 1.807) is 21.1 Å². The highest BCUT2D eigenvalue weighted by Crippen LogP contribution is 2.06. The maximum Gasteiger partial charge on any atom is 0.241 e. The number of nitrogens with one attached hydrogen (secondary N) is 1. The Labute approximate surface area is 84.0 Å². The van der Waals surface area contributed by atoms with Crippen LogP contribution >= 0.6 is 0 Å². The lowest BCUT2D eigenvalue weighted by Gasteiger charge is -2.30. The summed E-state index contributed by atoms with van der Waals surface area (Å²) in [4.78, 5) is 25.9. The molecule has 1 rings (SSSR count). The van der Waals surface area contributed by atoms with Crippen LogP contribution in [-0.4, -0.2) is 62.4 Å². The summed E-state index contributed by atoms with van der Waals surface area (Å²) in [6, 6.07) is 0. The van der Waals surface area contributed by atoms with Gasteiger partial charge in [0.25, 0.3) is 0 Å². The van der Waals surface area contributed by atoms with Crippen LogP contribution < -0.4 is 5.32 Å². The summed E-state index contributed by atoms with van der Waals surface area (Å²) in [7, 11) is 5.04. The summed E-state index contributed by atoms with van der Waals surface area (Å²) in [5, 5.41) is 3.03. The van der Waals surface area contributed by atoms with Gasteiger partial charge in [-0.1, -0.05) is 0 Å². The Balaban J connectivity index is 2.36. The first-order valence-electron chi connectivity index (χ1n) is 4.68. The first-order valence-corrected chi connectivity index (χ1v) is 4.68. The maximum absolute atomic E-state index is 11.6. The Bertz CT molecular complexity index is 236. The zero-order chi connectivity index (χ0) is 10.7. The van der Waals surface area contributed by atoms with Gasteiger partial charge in [-0.2, -0.15) is 0 Å². The lowest BCUT2D eigenvalue weighted by Crippen LogP contribution is -2.52. The van der Waals surface area contributed by atoms with Gasteiger partial charge in [0.15, 0.2) is 0 Å². The summed E-state index contributed by atoms with van der Waals surface area (Å²) in [6.07, 6.45) is 0. The van der Waals surface area contributed by atoms with Gasteiger partial charge in [0.05, 0.1) is 12.5 Å². The molecule has 5 nitrogen and oxygen atoms in total. The van der Waals surface area contributed by atoms with Crippen molar-refractivity contribution in [1.82, 2.24) is 15.1 Å². The Morgan fingerprint density at radius 2 is 1.86 bits per heavy atom. The molecule has 1 N–H and O–H groups in total. The molecule has 1 saturated heterocycles. The first kappa shape index (κ1) is 11.0. The largest absolute Gasteiger partial charge is 0.347 e. The van der Waals surface area contributed by atoms with E-state index in [0.29, 0.717) is 0 Å². The molecule has 0 aliphatic carbocycles. The van der Waals surface area contributed by atoms with Crippen LogP contribution in [0.3, 0.4) is 0 Å². The van der Waals surface area contributed by atoms with E-state index in [0.717, 1.165) is 13.1 Å². The summed E-state index contributed by atoms with van der Waals surface area (Å²) in [5.74, 6) is 0.0713. The van der Waals surface area contributed by atoms with Crippen LogP contribution in [0.15, 0.2) is 0 Å². The van der Waals surface area contributed by atoms with Crippen LogP contribution in [-0.2, 0) is 9.59 Å². The highest BCUT2D eigenvalue weighted by molar-refractivity contribution is 5.86. The van der Waals surface area contributed by atoms with Crippen molar-refractivity contribution >= 4 is 11.8 Å². The van der Waals surface area contributed by atoms with Crippen LogP contribution in [0.2, 0.25) is 0 Å². The zero-order valence-electron chi connectivity index (χ0n) is 8.91. The second kappa shape index (κ2) is 4.41. The zero-order valence-corrected chi connectivity index (χ0v) is 8.91. The van der Waals surface area contributed by atoms with E-state index in [1.807, 2.05) is 0 Å². The van der Waals surface area contributed by atoms with Gasteiger partial charge in [0.2, 0.25) is 11.8 Å². The molecular weight excluding hydrogens is 182 g/mol. The van der Waals surface area contributed by atoms with Gasteiger partial charge < -0.3 is 15.1 Å². The molecule has 2 amide bonds. The van der Waals surface area contributed by atoms with Crippen molar-refractivity contribution in [2.45, 2.75) is 0 Å². The molecule has 0 radical (unpaired) electrons. The molecule has 80 valence electrons. The second-order valence-corrected chi connectivity index (χ2v) is 3.84. The Kier molecular flexibility index (Phi) is 3.46. The number of likely N-dealkylation sites (N-methyl/N-ethyl adjacent to an activating group) is 2. The maximum atomic E-state index is 11.6. The number of amides is 2. The number of hydrogen-bond donors (Lipinski definition) is 1. The highest BCUT2D eigenvalue weighted by atomic mass is 16.2. The minimum absolute atomic E-state index is 0.0480. The van der Waals surface area contributed by atoms with Crippen molar-refractivity contribution in [3.8, 4) is 0 Å². The lowest BCUT2D eigenvalue weighted by atomic mass is 10.0. The van der Waals surface area contributed by atoms with Gasteiger partial charge in [0, 0.05) is 34.2 Å². The third-order valence-electron chi connectivity index (χ3n) is 2.38. The van der Waals surface area contributed by atoms with Crippen molar-refractivity contribution in [3.63, 3.8) is 0 Å². The number of rotatable bonds is 3. The molecule has 0 aromatic carbocycles. The van der Waals surface area contributed by atoms with E-state index in [4.69, 9.17) is 0 Å². The fourth-order valence-electron chi connectivity index (χ4n) is 1.20. The van der Waals surface area contributed by atoms with Crippen molar-refractivity contribution in [2.24, 2.45) is 5.92 Å². The molecule has 5 heteroatoms. The fraction of sp³-hybridized carbons (Fsp3) is 0.778. The van der Waals surface area contributed by atoms with E-state index in [9.17, 15) is 9.59 Å². The van der Waals surface area contributed by atoms with E-state index in [1.165, 1.54) is 9.80 Å². The molecule has 0 spiro atoms. The molecule has 1 heterocycles. The average Bonchev–Trinajstić information content (AvgIpc) is 2.00. The molecule has 14 heavy (non-hydrogen) atoms. The Morgan fingerprint density at radius 3 is 2.21 bits per heavy atom. The molecule has 0 saturated carbocycles. The van der Waals surface area contributed by atoms with Gasteiger partial charge >= 0.3 is 0 Å². The number of nitrogens with zero attached hydrogens (tertiary/aromatic N) is 2. The molecule has 1 aliphatic heterocycles. The number of carbonyl (C=O) groups is 2. The van der Waals surface area contributed by atoms with Crippen LogP contribution in [0, 0.1) is 5.92 Å². The molecule has 0 aromatic rings. The minimum atomic E-state index is -0.0480. The second-order valence-electron chi connectivity index (χ2n) is 3.84. The fourth-order valence-corrected chi connectivity index (χ4v) is 1.20. The average molecular weight is 199 g/mol. The van der Waals surface area contributed by atoms with Gasteiger partial charge in [-0.3, -0.25) is 9.59 Å². The quantitative estimate of drug-likeness (QED) is 0.618. The van der Waals surface area contributed by atoms with Crippen LogP contribution in [0.25, 0.3) is 0 Å². The standard InChI is InChI=1S/C9H17N3O2/c1-11(2)8(13)6-12(3)9(14)7-4-10-5-7/h7,10H,4-6H2,1-3H3. The third-order valence-corrected chi connectivity index (χ3v) is 2.38. The Morgan fingerprint density at radius 1 is 1.29 bits per heavy atom. The molecule has 0 aromatic heterocycles. The molecular formula is C9H17N3O2. The molecule has 0 unspecified atom stereocenters. The van der Waals surface area contributed by atoms with Gasteiger partial charge in [0.1, 0.15) is 0 Å². The van der Waals surface area contributed by atoms with Crippen molar-refractivity contribution < 1.29 is 9.59 Å². The number of carbonyl (C=O) groups excluding carboxylic acids is 2. The van der Waals surface area contributed by atoms with Crippen molar-refractivity contribution in [2.75, 3.05) is 40.8 Å². The Hall–Kier alpha value is -1.10. The van der Waals surface area contributed by atoms with Crippen molar-refractivity contribution in [3.05, 3.63) is 0 Å². The monoisotopic (exact) mass is 199 g/mol. The van der Waals surface area contributed by atoms with E-state index in [-0.39, 0.29) is 24.3 Å². The van der Waals surface area contributed by atoms with Gasteiger partial charge in [-0.15, -0.1) is 0 Å². The van der Waals surface area contributed by atoms with Crippen LogP contribution in [0.5, 0.6) is 0 Å². The topological polar surface area (TPSA) is 52.7 Å². The molecule has 0 bridgehead atoms.